The van der Waals surface area contributed by atoms with Crippen LogP contribution >= 0.6 is 11.3 Å². The molecule has 3 nitrogen and oxygen atoms in total. The van der Waals surface area contributed by atoms with E-state index >= 15 is 0 Å². The van der Waals surface area contributed by atoms with Gasteiger partial charge in [0.15, 0.2) is 0 Å². The van der Waals surface area contributed by atoms with Crippen molar-refractivity contribution in [2.45, 2.75) is 39.3 Å². The van der Waals surface area contributed by atoms with E-state index in [0.717, 1.165) is 18.7 Å². The fourth-order valence-electron chi connectivity index (χ4n) is 1.61. The summed E-state index contributed by atoms with van der Waals surface area (Å²) in [5.74, 6) is 0. The van der Waals surface area contributed by atoms with Crippen molar-refractivity contribution >= 4 is 11.3 Å². The second kappa shape index (κ2) is 6.20. The molecular formula is C11H20N2OS. The van der Waals surface area contributed by atoms with Crippen molar-refractivity contribution < 1.29 is 4.74 Å². The van der Waals surface area contributed by atoms with Gasteiger partial charge in [-0.05, 0) is 27.2 Å². The first-order chi connectivity index (χ1) is 7.15. The minimum absolute atomic E-state index is 0.379. The van der Waals surface area contributed by atoms with E-state index in [1.807, 2.05) is 5.51 Å². The van der Waals surface area contributed by atoms with Crippen molar-refractivity contribution in [3.05, 3.63) is 16.1 Å². The van der Waals surface area contributed by atoms with E-state index in [-0.39, 0.29) is 0 Å². The highest BCUT2D eigenvalue weighted by atomic mass is 32.1. The van der Waals surface area contributed by atoms with E-state index in [1.165, 1.54) is 4.88 Å². The van der Waals surface area contributed by atoms with E-state index in [2.05, 4.69) is 31.1 Å². The number of nitrogens with one attached hydrogen (secondary N) is 1. The van der Waals surface area contributed by atoms with Gasteiger partial charge >= 0.3 is 0 Å². The van der Waals surface area contributed by atoms with Crippen LogP contribution in [0.15, 0.2) is 5.51 Å². The van der Waals surface area contributed by atoms with Crippen LogP contribution < -0.4 is 5.32 Å². The van der Waals surface area contributed by atoms with E-state index < -0.39 is 0 Å². The Morgan fingerprint density at radius 2 is 2.27 bits per heavy atom. The molecule has 1 rings (SSSR count). The quantitative estimate of drug-likeness (QED) is 0.812. The fraction of sp³-hybridized carbons (Fsp3) is 0.727. The van der Waals surface area contributed by atoms with E-state index in [0.29, 0.717) is 12.1 Å². The highest BCUT2D eigenvalue weighted by Crippen LogP contribution is 2.21. The molecule has 0 bridgehead atoms. The van der Waals surface area contributed by atoms with Gasteiger partial charge in [0, 0.05) is 30.7 Å². The average Bonchev–Trinajstić information content (AvgIpc) is 2.61. The second-order valence-electron chi connectivity index (χ2n) is 3.87. The first-order valence-electron chi connectivity index (χ1n) is 5.30. The fourth-order valence-corrected chi connectivity index (χ4v) is 2.43. The lowest BCUT2D eigenvalue weighted by molar-refractivity contribution is 0.183. The zero-order valence-corrected chi connectivity index (χ0v) is 10.7. The molecule has 1 heterocycles. The van der Waals surface area contributed by atoms with Gasteiger partial charge in [0.05, 0.1) is 11.2 Å². The predicted octanol–water partition coefficient (Wildman–Crippen LogP) is 2.53. The maximum absolute atomic E-state index is 5.06. The summed E-state index contributed by atoms with van der Waals surface area (Å²) >= 11 is 1.72. The van der Waals surface area contributed by atoms with Gasteiger partial charge in [0.2, 0.25) is 0 Å². The summed E-state index contributed by atoms with van der Waals surface area (Å²) < 4.78 is 5.06. The minimum Gasteiger partial charge on any atom is -0.385 e. The van der Waals surface area contributed by atoms with Crippen LogP contribution in [-0.4, -0.2) is 24.7 Å². The van der Waals surface area contributed by atoms with Crippen LogP contribution in [-0.2, 0) is 4.74 Å². The number of hydrogen-bond acceptors (Lipinski definition) is 4. The molecule has 0 saturated carbocycles. The number of methoxy groups -OCH3 is 1. The third-order valence-corrected chi connectivity index (χ3v) is 3.58. The minimum atomic E-state index is 0.379. The zero-order valence-electron chi connectivity index (χ0n) is 9.91. The number of ether oxygens (including phenoxy) is 1. The predicted molar refractivity (Wildman–Crippen MR) is 64.4 cm³/mol. The number of aryl methyl sites for hydroxylation is 1. The normalized spacial score (nSPS) is 15.2. The molecule has 2 atom stereocenters. The molecule has 0 spiro atoms. The maximum Gasteiger partial charge on any atom is 0.0798 e. The molecule has 0 fully saturated rings. The molecule has 2 unspecified atom stereocenters. The van der Waals surface area contributed by atoms with E-state index in [4.69, 9.17) is 4.74 Å². The van der Waals surface area contributed by atoms with Crippen LogP contribution in [0.4, 0.5) is 0 Å². The van der Waals surface area contributed by atoms with Crippen LogP contribution in [0.1, 0.15) is 36.9 Å². The Morgan fingerprint density at radius 1 is 1.53 bits per heavy atom. The third kappa shape index (κ3) is 3.89. The summed E-state index contributed by atoms with van der Waals surface area (Å²) in [4.78, 5) is 5.59. The molecule has 0 radical (unpaired) electrons. The number of rotatable bonds is 6. The lowest BCUT2D eigenvalue weighted by Crippen LogP contribution is -2.29. The molecule has 0 aliphatic heterocycles. The summed E-state index contributed by atoms with van der Waals surface area (Å²) in [6.45, 7) is 7.24. The Balaban J connectivity index is 2.42. The number of nitrogens with zero attached hydrogens (tertiary/aromatic N) is 1. The molecule has 0 amide bonds. The zero-order chi connectivity index (χ0) is 11.3. The first-order valence-corrected chi connectivity index (χ1v) is 6.18. The summed E-state index contributed by atoms with van der Waals surface area (Å²) in [7, 11) is 1.74. The third-order valence-electron chi connectivity index (χ3n) is 2.47. The SMILES string of the molecule is COCCC(C)NC(C)c1scnc1C. The lowest BCUT2D eigenvalue weighted by atomic mass is 10.2. The lowest BCUT2D eigenvalue weighted by Gasteiger charge is -2.19. The topological polar surface area (TPSA) is 34.1 Å². The summed E-state index contributed by atoms with van der Waals surface area (Å²) in [6.07, 6.45) is 1.04. The molecule has 0 aromatic carbocycles. The number of thiazole rings is 1. The Morgan fingerprint density at radius 3 is 2.80 bits per heavy atom. The Hall–Kier alpha value is -0.450. The van der Waals surface area contributed by atoms with E-state index in [1.54, 1.807) is 18.4 Å². The Kier molecular flexibility index (Phi) is 5.22. The Bertz CT molecular complexity index is 288. The molecule has 1 N–H and O–H groups in total. The molecule has 0 aliphatic carbocycles. The van der Waals surface area contributed by atoms with Gasteiger partial charge in [-0.1, -0.05) is 0 Å². The highest BCUT2D eigenvalue weighted by Gasteiger charge is 2.13. The molecular weight excluding hydrogens is 208 g/mol. The number of aromatic nitrogens is 1. The highest BCUT2D eigenvalue weighted by molar-refractivity contribution is 7.09. The first kappa shape index (κ1) is 12.6. The standard InChI is InChI=1S/C11H20N2OS/c1-8(5-6-14-4)13-10(3)11-9(2)12-7-15-11/h7-8,10,13H,5-6H2,1-4H3. The summed E-state index contributed by atoms with van der Waals surface area (Å²) in [5, 5.41) is 3.55. The molecule has 0 saturated heterocycles. The smallest absolute Gasteiger partial charge is 0.0798 e. The second-order valence-corrected chi connectivity index (χ2v) is 4.76. The van der Waals surface area contributed by atoms with Crippen LogP contribution in [0.25, 0.3) is 0 Å². The monoisotopic (exact) mass is 228 g/mol. The van der Waals surface area contributed by atoms with Gasteiger partial charge in [0.25, 0.3) is 0 Å². The van der Waals surface area contributed by atoms with Crippen LogP contribution in [0.2, 0.25) is 0 Å². The van der Waals surface area contributed by atoms with Gasteiger partial charge in [-0.3, -0.25) is 0 Å². The maximum atomic E-state index is 5.06. The van der Waals surface area contributed by atoms with Crippen molar-refractivity contribution in [1.29, 1.82) is 0 Å². The van der Waals surface area contributed by atoms with Gasteiger partial charge in [-0.25, -0.2) is 4.98 Å². The largest absolute Gasteiger partial charge is 0.385 e. The molecule has 0 aliphatic rings. The molecule has 4 heteroatoms. The molecule has 15 heavy (non-hydrogen) atoms. The number of hydrogen-bond donors (Lipinski definition) is 1. The van der Waals surface area contributed by atoms with Crippen molar-refractivity contribution in [1.82, 2.24) is 10.3 Å². The summed E-state index contributed by atoms with van der Waals surface area (Å²) in [5.41, 5.74) is 3.04. The van der Waals surface area contributed by atoms with Crippen LogP contribution in [0.3, 0.4) is 0 Å². The Labute approximate surface area is 95.9 Å². The van der Waals surface area contributed by atoms with Gasteiger partial charge in [-0.15, -0.1) is 11.3 Å². The van der Waals surface area contributed by atoms with Crippen LogP contribution in [0, 0.1) is 6.92 Å². The van der Waals surface area contributed by atoms with Gasteiger partial charge < -0.3 is 10.1 Å². The molecule has 1 aromatic heterocycles. The molecule has 86 valence electrons. The van der Waals surface area contributed by atoms with Gasteiger partial charge in [-0.2, -0.15) is 0 Å². The van der Waals surface area contributed by atoms with E-state index in [9.17, 15) is 0 Å². The van der Waals surface area contributed by atoms with Gasteiger partial charge in [0.1, 0.15) is 0 Å². The van der Waals surface area contributed by atoms with Crippen molar-refractivity contribution in [2.75, 3.05) is 13.7 Å². The van der Waals surface area contributed by atoms with Crippen molar-refractivity contribution in [2.24, 2.45) is 0 Å². The van der Waals surface area contributed by atoms with Crippen molar-refractivity contribution in [3.8, 4) is 0 Å². The summed E-state index contributed by atoms with van der Waals surface area (Å²) in [6, 6.07) is 0.853. The van der Waals surface area contributed by atoms with Crippen LogP contribution in [0.5, 0.6) is 0 Å². The molecule has 1 aromatic rings. The van der Waals surface area contributed by atoms with Crippen molar-refractivity contribution in [3.63, 3.8) is 0 Å². The average molecular weight is 228 g/mol.